The van der Waals surface area contributed by atoms with Crippen molar-refractivity contribution in [2.45, 2.75) is 5.54 Å². The van der Waals surface area contributed by atoms with Crippen molar-refractivity contribution in [3.05, 3.63) is 167 Å². The van der Waals surface area contributed by atoms with Gasteiger partial charge in [-0.05, 0) is 58.1 Å². The van der Waals surface area contributed by atoms with Crippen LogP contribution in [0, 0.1) is 0 Å². The van der Waals surface area contributed by atoms with Crippen molar-refractivity contribution >= 4 is 29.7 Å². The fourth-order valence-electron chi connectivity index (χ4n) is 4.91. The Morgan fingerprint density at radius 2 is 0.974 bits per heavy atom. The van der Waals surface area contributed by atoms with Crippen molar-refractivity contribution in [1.82, 2.24) is 5.32 Å². The molecule has 0 radical (unpaired) electrons. The van der Waals surface area contributed by atoms with E-state index in [1.54, 1.807) is 0 Å². The van der Waals surface area contributed by atoms with Crippen molar-refractivity contribution in [3.63, 3.8) is 0 Å². The zero-order valence-corrected chi connectivity index (χ0v) is 20.7. The highest BCUT2D eigenvalue weighted by molar-refractivity contribution is 6.01. The number of fused-ring (bicyclic) bond motifs is 1. The summed E-state index contributed by atoms with van der Waals surface area (Å²) in [5.41, 5.74) is 6.52. The smallest absolute Gasteiger partial charge is 0.252 e. The number of nitrogens with one attached hydrogen (secondary N) is 1. The van der Waals surface area contributed by atoms with Crippen LogP contribution in [0.3, 0.4) is 0 Å². The molecule has 0 spiro atoms. The van der Waals surface area contributed by atoms with Crippen LogP contribution in [0.4, 0.5) is 11.4 Å². The SMILES string of the molecule is O=C1NC(c2ccc(N=Cc3ccccc3)cc2)(c2ccc(N=Cc3ccccc3)cc2)c2ccccc21. The molecule has 4 nitrogen and oxygen atoms in total. The average Bonchev–Trinajstić information content (AvgIpc) is 3.30. The summed E-state index contributed by atoms with van der Waals surface area (Å²) < 4.78 is 0. The molecule has 1 aliphatic heterocycles. The van der Waals surface area contributed by atoms with Gasteiger partial charge in [0.05, 0.1) is 11.4 Å². The normalized spacial score (nSPS) is 16.6. The minimum absolute atomic E-state index is 0.0852. The highest BCUT2D eigenvalue weighted by atomic mass is 16.2. The van der Waals surface area contributed by atoms with Crippen LogP contribution in [0.2, 0.25) is 0 Å². The molecular formula is C34H25N3O. The Hall–Kier alpha value is -5.09. The molecule has 0 atom stereocenters. The van der Waals surface area contributed by atoms with Gasteiger partial charge in [-0.3, -0.25) is 14.8 Å². The van der Waals surface area contributed by atoms with Crippen molar-refractivity contribution in [2.75, 3.05) is 0 Å². The molecule has 182 valence electrons. The van der Waals surface area contributed by atoms with E-state index in [2.05, 4.69) is 15.3 Å². The number of amides is 1. The third kappa shape index (κ3) is 4.44. The summed E-state index contributed by atoms with van der Waals surface area (Å²) in [4.78, 5) is 22.4. The molecular weight excluding hydrogens is 466 g/mol. The van der Waals surface area contributed by atoms with E-state index in [-0.39, 0.29) is 5.91 Å². The van der Waals surface area contributed by atoms with Crippen LogP contribution in [-0.4, -0.2) is 18.3 Å². The molecule has 5 aromatic rings. The maximum Gasteiger partial charge on any atom is 0.252 e. The molecule has 0 bridgehead atoms. The predicted molar refractivity (Wildman–Crippen MR) is 154 cm³/mol. The Balaban J connectivity index is 1.37. The van der Waals surface area contributed by atoms with Crippen LogP contribution >= 0.6 is 0 Å². The van der Waals surface area contributed by atoms with Crippen LogP contribution in [0.25, 0.3) is 0 Å². The van der Waals surface area contributed by atoms with Crippen LogP contribution in [0.15, 0.2) is 143 Å². The maximum atomic E-state index is 13.1. The first-order valence-electron chi connectivity index (χ1n) is 12.5. The molecule has 5 aromatic carbocycles. The van der Waals surface area contributed by atoms with Gasteiger partial charge < -0.3 is 5.32 Å². The van der Waals surface area contributed by atoms with E-state index >= 15 is 0 Å². The Morgan fingerprint density at radius 1 is 0.526 bits per heavy atom. The van der Waals surface area contributed by atoms with Gasteiger partial charge in [-0.1, -0.05) is 103 Å². The summed E-state index contributed by atoms with van der Waals surface area (Å²) in [5.74, 6) is -0.0852. The fraction of sp³-hybridized carbons (Fsp3) is 0.0294. The summed E-state index contributed by atoms with van der Waals surface area (Å²) in [5, 5.41) is 3.30. The van der Waals surface area contributed by atoms with Gasteiger partial charge in [0, 0.05) is 18.0 Å². The summed E-state index contributed by atoms with van der Waals surface area (Å²) >= 11 is 0. The lowest BCUT2D eigenvalue weighted by Gasteiger charge is -2.32. The fourth-order valence-corrected chi connectivity index (χ4v) is 4.91. The van der Waals surface area contributed by atoms with Gasteiger partial charge in [-0.25, -0.2) is 0 Å². The molecule has 1 amide bonds. The van der Waals surface area contributed by atoms with E-state index in [0.717, 1.165) is 39.2 Å². The number of carbonyl (C=O) groups excluding carboxylic acids is 1. The number of hydrogen-bond donors (Lipinski definition) is 1. The van der Waals surface area contributed by atoms with Crippen LogP contribution in [0.1, 0.15) is 38.2 Å². The summed E-state index contributed by atoms with van der Waals surface area (Å²) in [6, 6.07) is 43.9. The number of hydrogen-bond acceptors (Lipinski definition) is 3. The third-order valence-electron chi connectivity index (χ3n) is 6.80. The highest BCUT2D eigenvalue weighted by Crippen LogP contribution is 2.43. The first kappa shape index (κ1) is 23.3. The molecule has 1 heterocycles. The lowest BCUT2D eigenvalue weighted by atomic mass is 9.78. The Bertz CT molecular complexity index is 1530. The molecule has 0 unspecified atom stereocenters. The van der Waals surface area contributed by atoms with Crippen molar-refractivity contribution < 1.29 is 4.79 Å². The van der Waals surface area contributed by atoms with Gasteiger partial charge in [0.1, 0.15) is 5.54 Å². The van der Waals surface area contributed by atoms with Gasteiger partial charge in [-0.2, -0.15) is 0 Å². The number of nitrogens with zero attached hydrogens (tertiary/aromatic N) is 2. The van der Waals surface area contributed by atoms with E-state index in [4.69, 9.17) is 0 Å². The summed E-state index contributed by atoms with van der Waals surface area (Å²) in [6.07, 6.45) is 3.71. The Labute approximate surface area is 222 Å². The Morgan fingerprint density at radius 3 is 1.47 bits per heavy atom. The van der Waals surface area contributed by atoms with Crippen molar-refractivity contribution in [3.8, 4) is 0 Å². The van der Waals surface area contributed by atoms with Crippen LogP contribution in [-0.2, 0) is 5.54 Å². The van der Waals surface area contributed by atoms with Crippen LogP contribution < -0.4 is 5.32 Å². The molecule has 1 N–H and O–H groups in total. The van der Waals surface area contributed by atoms with Crippen LogP contribution in [0.5, 0.6) is 0 Å². The lowest BCUT2D eigenvalue weighted by Crippen LogP contribution is -2.41. The lowest BCUT2D eigenvalue weighted by molar-refractivity contribution is 0.0948. The second-order valence-corrected chi connectivity index (χ2v) is 9.18. The largest absolute Gasteiger partial charge is 0.334 e. The number of carbonyl (C=O) groups is 1. The Kier molecular flexibility index (Phi) is 6.20. The first-order valence-corrected chi connectivity index (χ1v) is 12.5. The molecule has 0 aromatic heterocycles. The van der Waals surface area contributed by atoms with Gasteiger partial charge in [0.15, 0.2) is 0 Å². The molecule has 38 heavy (non-hydrogen) atoms. The van der Waals surface area contributed by atoms with Crippen molar-refractivity contribution in [1.29, 1.82) is 0 Å². The third-order valence-corrected chi connectivity index (χ3v) is 6.80. The molecule has 6 rings (SSSR count). The number of benzene rings is 5. The zero-order valence-electron chi connectivity index (χ0n) is 20.7. The zero-order chi connectivity index (χ0) is 25.8. The molecule has 0 fully saturated rings. The summed E-state index contributed by atoms with van der Waals surface area (Å²) in [6.45, 7) is 0. The second kappa shape index (κ2) is 10.1. The van der Waals surface area contributed by atoms with E-state index in [9.17, 15) is 4.79 Å². The maximum absolute atomic E-state index is 13.1. The molecule has 0 aliphatic carbocycles. The van der Waals surface area contributed by atoms with E-state index in [0.29, 0.717) is 5.56 Å². The predicted octanol–water partition coefficient (Wildman–Crippen LogP) is 7.22. The standard InChI is InChI=1S/C34H25N3O/c38-33-31-13-7-8-14-32(31)34(37-33,27-15-19-29(20-16-27)35-23-25-9-3-1-4-10-25)28-17-21-30(22-18-28)36-24-26-11-5-2-6-12-26/h1-24H,(H,37,38). The van der Waals surface area contributed by atoms with Gasteiger partial charge in [0.25, 0.3) is 5.91 Å². The van der Waals surface area contributed by atoms with E-state index in [1.807, 2.05) is 146 Å². The molecule has 0 saturated heterocycles. The topological polar surface area (TPSA) is 53.8 Å². The second-order valence-electron chi connectivity index (χ2n) is 9.18. The monoisotopic (exact) mass is 491 g/mol. The van der Waals surface area contributed by atoms with Gasteiger partial charge >= 0.3 is 0 Å². The number of aliphatic imine (C=N–C) groups is 2. The minimum Gasteiger partial charge on any atom is -0.334 e. The quantitative estimate of drug-likeness (QED) is 0.250. The molecule has 0 saturated carbocycles. The van der Waals surface area contributed by atoms with Gasteiger partial charge in [0.2, 0.25) is 0 Å². The number of rotatable bonds is 6. The minimum atomic E-state index is -0.809. The molecule has 1 aliphatic rings. The average molecular weight is 492 g/mol. The van der Waals surface area contributed by atoms with E-state index in [1.165, 1.54) is 0 Å². The molecule has 4 heteroatoms. The van der Waals surface area contributed by atoms with Gasteiger partial charge in [-0.15, -0.1) is 0 Å². The first-order chi connectivity index (χ1) is 18.7. The van der Waals surface area contributed by atoms with E-state index < -0.39 is 5.54 Å². The van der Waals surface area contributed by atoms with Crippen molar-refractivity contribution in [2.24, 2.45) is 9.98 Å². The highest BCUT2D eigenvalue weighted by Gasteiger charge is 2.45. The summed E-state index contributed by atoms with van der Waals surface area (Å²) in [7, 11) is 0.